The first-order valence-electron chi connectivity index (χ1n) is 7.31. The largest absolute Gasteiger partial charge is 0.370 e. The van der Waals surface area contributed by atoms with Gasteiger partial charge in [0.25, 0.3) is 0 Å². The Hall–Kier alpha value is -1.02. The second-order valence-electron chi connectivity index (χ2n) is 4.94. The maximum atomic E-state index is 3.57. The highest BCUT2D eigenvalue weighted by Gasteiger charge is 2.05. The van der Waals surface area contributed by atoms with Gasteiger partial charge in [-0.15, -0.1) is 0 Å². The van der Waals surface area contributed by atoms with E-state index in [9.17, 15) is 0 Å². The lowest BCUT2D eigenvalue weighted by Gasteiger charge is -2.25. The number of unbranched alkanes of at least 4 members (excludes halogenated alkanes) is 1. The summed E-state index contributed by atoms with van der Waals surface area (Å²) >= 11 is 0. The van der Waals surface area contributed by atoms with Gasteiger partial charge in [-0.1, -0.05) is 38.5 Å². The van der Waals surface area contributed by atoms with Crippen molar-refractivity contribution >= 4 is 5.69 Å². The average molecular weight is 248 g/mol. The van der Waals surface area contributed by atoms with Gasteiger partial charge < -0.3 is 10.2 Å². The lowest BCUT2D eigenvalue weighted by atomic mass is 10.2. The molecule has 1 atom stereocenters. The van der Waals surface area contributed by atoms with Gasteiger partial charge >= 0.3 is 0 Å². The van der Waals surface area contributed by atoms with Crippen LogP contribution in [0.1, 0.15) is 40.0 Å². The molecular formula is C16H28N2. The highest BCUT2D eigenvalue weighted by atomic mass is 15.1. The topological polar surface area (TPSA) is 15.3 Å². The fourth-order valence-corrected chi connectivity index (χ4v) is 1.95. The first-order valence-corrected chi connectivity index (χ1v) is 7.31. The van der Waals surface area contributed by atoms with E-state index in [1.807, 2.05) is 0 Å². The number of hydrogen-bond acceptors (Lipinski definition) is 2. The summed E-state index contributed by atoms with van der Waals surface area (Å²) in [6, 6.07) is 11.4. The molecule has 0 aliphatic heterocycles. The van der Waals surface area contributed by atoms with Gasteiger partial charge in [0.15, 0.2) is 0 Å². The van der Waals surface area contributed by atoms with Gasteiger partial charge in [-0.2, -0.15) is 0 Å². The first kappa shape index (κ1) is 15.0. The van der Waals surface area contributed by atoms with Crippen molar-refractivity contribution in [2.75, 3.05) is 24.5 Å². The molecule has 1 aromatic carbocycles. The molecule has 0 bridgehead atoms. The molecule has 0 saturated heterocycles. The minimum atomic E-state index is 0.619. The Kier molecular flexibility index (Phi) is 7.51. The van der Waals surface area contributed by atoms with Gasteiger partial charge in [-0.3, -0.25) is 0 Å². The van der Waals surface area contributed by atoms with Crippen LogP contribution in [-0.4, -0.2) is 25.7 Å². The van der Waals surface area contributed by atoms with Crippen molar-refractivity contribution in [3.63, 3.8) is 0 Å². The summed E-state index contributed by atoms with van der Waals surface area (Å²) in [7, 11) is 0. The summed E-state index contributed by atoms with van der Waals surface area (Å²) in [5, 5.41) is 3.57. The number of para-hydroxylation sites is 1. The van der Waals surface area contributed by atoms with Crippen LogP contribution in [0.2, 0.25) is 0 Å². The van der Waals surface area contributed by atoms with E-state index in [0.717, 1.165) is 19.6 Å². The summed E-state index contributed by atoms with van der Waals surface area (Å²) in [5.74, 6) is 0. The predicted molar refractivity (Wildman–Crippen MR) is 81.3 cm³/mol. The molecule has 0 saturated carbocycles. The van der Waals surface area contributed by atoms with E-state index in [0.29, 0.717) is 6.04 Å². The third-order valence-electron chi connectivity index (χ3n) is 3.39. The van der Waals surface area contributed by atoms with Crippen molar-refractivity contribution in [2.45, 2.75) is 46.1 Å². The second-order valence-corrected chi connectivity index (χ2v) is 4.94. The molecule has 0 aromatic heterocycles. The molecule has 1 unspecified atom stereocenters. The quantitative estimate of drug-likeness (QED) is 0.717. The summed E-state index contributed by atoms with van der Waals surface area (Å²) < 4.78 is 0. The fraction of sp³-hybridized carbons (Fsp3) is 0.625. The second kappa shape index (κ2) is 8.98. The van der Waals surface area contributed by atoms with Crippen LogP contribution in [-0.2, 0) is 0 Å². The van der Waals surface area contributed by atoms with E-state index in [-0.39, 0.29) is 0 Å². The third-order valence-corrected chi connectivity index (χ3v) is 3.39. The number of hydrogen-bond donors (Lipinski definition) is 1. The van der Waals surface area contributed by atoms with Gasteiger partial charge in [0.2, 0.25) is 0 Å². The molecule has 0 aliphatic rings. The van der Waals surface area contributed by atoms with Crippen molar-refractivity contribution in [3.8, 4) is 0 Å². The molecule has 0 fully saturated rings. The Morgan fingerprint density at radius 3 is 2.44 bits per heavy atom. The van der Waals surface area contributed by atoms with Crippen molar-refractivity contribution in [1.29, 1.82) is 0 Å². The van der Waals surface area contributed by atoms with Gasteiger partial charge in [0.1, 0.15) is 0 Å². The molecule has 2 nitrogen and oxygen atoms in total. The normalized spacial score (nSPS) is 12.4. The SMILES string of the molecule is CCCCN(CCNC(C)CC)c1ccccc1. The zero-order valence-corrected chi connectivity index (χ0v) is 12.2. The highest BCUT2D eigenvalue weighted by Crippen LogP contribution is 2.13. The Balaban J connectivity index is 2.46. The maximum Gasteiger partial charge on any atom is 0.0366 e. The van der Waals surface area contributed by atoms with Crippen LogP contribution in [0.15, 0.2) is 30.3 Å². The summed E-state index contributed by atoms with van der Waals surface area (Å²) in [6.07, 6.45) is 3.71. The first-order chi connectivity index (χ1) is 8.77. The van der Waals surface area contributed by atoms with E-state index in [2.05, 4.69) is 61.3 Å². The number of nitrogens with zero attached hydrogens (tertiary/aromatic N) is 1. The molecule has 0 amide bonds. The van der Waals surface area contributed by atoms with Crippen LogP contribution in [0.4, 0.5) is 5.69 Å². The zero-order valence-electron chi connectivity index (χ0n) is 12.2. The highest BCUT2D eigenvalue weighted by molar-refractivity contribution is 5.45. The van der Waals surface area contributed by atoms with Gasteiger partial charge in [-0.25, -0.2) is 0 Å². The summed E-state index contributed by atoms with van der Waals surface area (Å²) in [4.78, 5) is 2.48. The smallest absolute Gasteiger partial charge is 0.0366 e. The Labute approximate surface area is 112 Å². The van der Waals surface area contributed by atoms with E-state index in [1.165, 1.54) is 24.9 Å². The number of nitrogens with one attached hydrogen (secondary N) is 1. The number of benzene rings is 1. The van der Waals surface area contributed by atoms with E-state index in [4.69, 9.17) is 0 Å². The van der Waals surface area contributed by atoms with E-state index in [1.54, 1.807) is 0 Å². The Morgan fingerprint density at radius 2 is 1.83 bits per heavy atom. The lowest BCUT2D eigenvalue weighted by molar-refractivity contribution is 0.531. The van der Waals surface area contributed by atoms with Crippen molar-refractivity contribution in [1.82, 2.24) is 5.32 Å². The number of anilines is 1. The van der Waals surface area contributed by atoms with Crippen LogP contribution in [0, 0.1) is 0 Å². The molecule has 1 aromatic rings. The van der Waals surface area contributed by atoms with E-state index >= 15 is 0 Å². The minimum absolute atomic E-state index is 0.619. The van der Waals surface area contributed by atoms with Crippen LogP contribution in [0.5, 0.6) is 0 Å². The van der Waals surface area contributed by atoms with Crippen molar-refractivity contribution in [2.24, 2.45) is 0 Å². The molecule has 0 radical (unpaired) electrons. The Morgan fingerprint density at radius 1 is 1.11 bits per heavy atom. The predicted octanol–water partition coefficient (Wildman–Crippen LogP) is 3.68. The van der Waals surface area contributed by atoms with Gasteiger partial charge in [0.05, 0.1) is 0 Å². The number of rotatable bonds is 9. The van der Waals surface area contributed by atoms with Crippen LogP contribution < -0.4 is 10.2 Å². The standard InChI is InChI=1S/C16H28N2/c1-4-6-13-18(14-12-17-15(3)5-2)16-10-8-7-9-11-16/h7-11,15,17H,4-6,12-14H2,1-3H3. The minimum Gasteiger partial charge on any atom is -0.370 e. The zero-order chi connectivity index (χ0) is 13.2. The van der Waals surface area contributed by atoms with Crippen LogP contribution in [0.3, 0.4) is 0 Å². The summed E-state index contributed by atoms with van der Waals surface area (Å²) in [5.41, 5.74) is 1.34. The molecule has 102 valence electrons. The Bertz CT molecular complexity index is 297. The van der Waals surface area contributed by atoms with E-state index < -0.39 is 0 Å². The molecular weight excluding hydrogens is 220 g/mol. The lowest BCUT2D eigenvalue weighted by Crippen LogP contribution is -2.36. The van der Waals surface area contributed by atoms with Gasteiger partial charge in [-0.05, 0) is 31.9 Å². The average Bonchev–Trinajstić information content (AvgIpc) is 2.43. The van der Waals surface area contributed by atoms with Crippen molar-refractivity contribution < 1.29 is 0 Å². The molecule has 2 heteroatoms. The fourth-order valence-electron chi connectivity index (χ4n) is 1.95. The third kappa shape index (κ3) is 5.54. The molecule has 1 N–H and O–H groups in total. The molecule has 0 heterocycles. The maximum absolute atomic E-state index is 3.57. The van der Waals surface area contributed by atoms with Crippen LogP contribution >= 0.6 is 0 Å². The van der Waals surface area contributed by atoms with Gasteiger partial charge in [0, 0.05) is 31.4 Å². The monoisotopic (exact) mass is 248 g/mol. The molecule has 0 spiro atoms. The molecule has 18 heavy (non-hydrogen) atoms. The molecule has 1 rings (SSSR count). The summed E-state index contributed by atoms with van der Waals surface area (Å²) in [6.45, 7) is 10.0. The molecule has 0 aliphatic carbocycles. The van der Waals surface area contributed by atoms with Crippen LogP contribution in [0.25, 0.3) is 0 Å². The van der Waals surface area contributed by atoms with Crippen molar-refractivity contribution in [3.05, 3.63) is 30.3 Å².